The maximum atomic E-state index is 12.5. The number of hydrogen-bond donors (Lipinski definition) is 1. The van der Waals surface area contributed by atoms with E-state index in [0.717, 1.165) is 43.7 Å². The lowest BCUT2D eigenvalue weighted by atomic mass is 9.86. The Hall–Kier alpha value is -3.19. The highest BCUT2D eigenvalue weighted by atomic mass is 32.1. The van der Waals surface area contributed by atoms with Crippen LogP contribution in [0.1, 0.15) is 36.1 Å². The van der Waals surface area contributed by atoms with Gasteiger partial charge in [-0.3, -0.25) is 4.79 Å². The molecule has 29 heavy (non-hydrogen) atoms. The van der Waals surface area contributed by atoms with E-state index < -0.39 is 0 Å². The summed E-state index contributed by atoms with van der Waals surface area (Å²) >= 11 is 1.53. The summed E-state index contributed by atoms with van der Waals surface area (Å²) in [6.45, 7) is 4.58. The van der Waals surface area contributed by atoms with E-state index in [1.165, 1.54) is 11.3 Å². The van der Waals surface area contributed by atoms with Crippen molar-refractivity contribution in [3.63, 3.8) is 0 Å². The SMILES string of the molecule is CCOc1ccc2nc(-n3nc(C)c4c3NC(=O)C[C@@H]4c3ccccc3)sc2c1. The molecule has 2 aromatic carbocycles. The van der Waals surface area contributed by atoms with Gasteiger partial charge < -0.3 is 10.1 Å². The van der Waals surface area contributed by atoms with Gasteiger partial charge in [0.15, 0.2) is 0 Å². The summed E-state index contributed by atoms with van der Waals surface area (Å²) in [6, 6.07) is 16.0. The van der Waals surface area contributed by atoms with Crippen molar-refractivity contribution in [1.29, 1.82) is 0 Å². The molecule has 0 radical (unpaired) electrons. The minimum atomic E-state index is -0.00718. The first-order valence-corrected chi connectivity index (χ1v) is 10.4. The Morgan fingerprint density at radius 2 is 2.07 bits per heavy atom. The molecule has 6 nitrogen and oxygen atoms in total. The van der Waals surface area contributed by atoms with Gasteiger partial charge in [0.25, 0.3) is 0 Å². The molecular formula is C22H20N4O2S. The molecule has 2 aromatic heterocycles. The second kappa shape index (κ2) is 7.00. The highest BCUT2D eigenvalue weighted by Crippen LogP contribution is 2.41. The van der Waals surface area contributed by atoms with Gasteiger partial charge in [0, 0.05) is 17.9 Å². The van der Waals surface area contributed by atoms with E-state index in [4.69, 9.17) is 14.8 Å². The number of hydrogen-bond acceptors (Lipinski definition) is 5. The van der Waals surface area contributed by atoms with Gasteiger partial charge >= 0.3 is 0 Å². The van der Waals surface area contributed by atoms with Gasteiger partial charge in [-0.15, -0.1) is 0 Å². The van der Waals surface area contributed by atoms with Crippen LogP contribution in [-0.2, 0) is 4.79 Å². The zero-order valence-electron chi connectivity index (χ0n) is 16.2. The maximum Gasteiger partial charge on any atom is 0.226 e. The van der Waals surface area contributed by atoms with Crippen molar-refractivity contribution >= 4 is 33.3 Å². The standard InChI is InChI=1S/C22H20N4O2S/c1-3-28-15-9-10-17-18(11-15)29-22(23-17)26-21-20(13(2)25-26)16(12-19(27)24-21)14-7-5-4-6-8-14/h4-11,16H,3,12H2,1-2H3,(H,24,27)/t16-/m1/s1. The third kappa shape index (κ3) is 3.07. The van der Waals surface area contributed by atoms with Gasteiger partial charge in [-0.2, -0.15) is 9.78 Å². The van der Waals surface area contributed by atoms with E-state index in [0.29, 0.717) is 13.0 Å². The number of carbonyl (C=O) groups is 1. The zero-order chi connectivity index (χ0) is 20.0. The number of anilines is 1. The number of ether oxygens (including phenoxy) is 1. The average Bonchev–Trinajstić information content (AvgIpc) is 3.29. The van der Waals surface area contributed by atoms with Crippen LogP contribution < -0.4 is 10.1 Å². The lowest BCUT2D eigenvalue weighted by molar-refractivity contribution is -0.116. The highest BCUT2D eigenvalue weighted by molar-refractivity contribution is 7.20. The first kappa shape index (κ1) is 17.9. The van der Waals surface area contributed by atoms with Crippen molar-refractivity contribution in [2.75, 3.05) is 11.9 Å². The predicted octanol–water partition coefficient (Wildman–Crippen LogP) is 4.66. The average molecular weight is 404 g/mol. The summed E-state index contributed by atoms with van der Waals surface area (Å²) in [4.78, 5) is 17.2. The predicted molar refractivity (Wildman–Crippen MR) is 114 cm³/mol. The molecule has 7 heteroatoms. The van der Waals surface area contributed by atoms with Crippen molar-refractivity contribution < 1.29 is 9.53 Å². The van der Waals surface area contributed by atoms with E-state index in [1.807, 2.05) is 50.2 Å². The number of rotatable bonds is 4. The Morgan fingerprint density at radius 3 is 2.86 bits per heavy atom. The molecule has 0 fully saturated rings. The smallest absolute Gasteiger partial charge is 0.226 e. The fraction of sp³-hybridized carbons (Fsp3) is 0.227. The van der Waals surface area contributed by atoms with Gasteiger partial charge in [-0.05, 0) is 37.6 Å². The van der Waals surface area contributed by atoms with Crippen molar-refractivity contribution in [1.82, 2.24) is 14.8 Å². The molecule has 146 valence electrons. The van der Waals surface area contributed by atoms with Gasteiger partial charge in [-0.25, -0.2) is 4.98 Å². The molecule has 1 aliphatic rings. The van der Waals surface area contributed by atoms with Crippen LogP contribution in [-0.4, -0.2) is 27.3 Å². The molecule has 0 bridgehead atoms. The van der Waals surface area contributed by atoms with Gasteiger partial charge in [0.2, 0.25) is 11.0 Å². The Balaban J connectivity index is 1.63. The Labute approximate surface area is 172 Å². The summed E-state index contributed by atoms with van der Waals surface area (Å²) in [5, 5.41) is 8.50. The van der Waals surface area contributed by atoms with Gasteiger partial charge in [0.05, 0.1) is 22.5 Å². The molecule has 1 atom stereocenters. The molecule has 5 rings (SSSR count). The lowest BCUT2D eigenvalue weighted by Gasteiger charge is -2.24. The van der Waals surface area contributed by atoms with Crippen LogP contribution in [0.5, 0.6) is 5.75 Å². The third-order valence-electron chi connectivity index (χ3n) is 5.15. The van der Waals surface area contributed by atoms with Crippen molar-refractivity contribution in [3.05, 3.63) is 65.4 Å². The van der Waals surface area contributed by atoms with Crippen LogP contribution in [0, 0.1) is 6.92 Å². The minimum Gasteiger partial charge on any atom is -0.494 e. The summed E-state index contributed by atoms with van der Waals surface area (Å²) in [5.41, 5.74) is 3.97. The first-order valence-electron chi connectivity index (χ1n) is 9.62. The zero-order valence-corrected chi connectivity index (χ0v) is 17.0. The number of fused-ring (bicyclic) bond motifs is 2. The minimum absolute atomic E-state index is 0.00682. The lowest BCUT2D eigenvalue weighted by Crippen LogP contribution is -2.24. The normalized spacial score (nSPS) is 15.9. The number of carbonyl (C=O) groups excluding carboxylic acids is 1. The van der Waals surface area contributed by atoms with Crippen molar-refractivity contribution in [2.45, 2.75) is 26.2 Å². The molecule has 1 N–H and O–H groups in total. The summed E-state index contributed by atoms with van der Waals surface area (Å²) in [7, 11) is 0. The largest absolute Gasteiger partial charge is 0.494 e. The number of aromatic nitrogens is 3. The van der Waals surface area contributed by atoms with Crippen LogP contribution in [0.4, 0.5) is 5.82 Å². The quantitative estimate of drug-likeness (QED) is 0.537. The van der Waals surface area contributed by atoms with Crippen molar-refractivity contribution in [2.24, 2.45) is 0 Å². The van der Waals surface area contributed by atoms with E-state index in [1.54, 1.807) is 4.68 Å². The van der Waals surface area contributed by atoms with E-state index in [-0.39, 0.29) is 11.8 Å². The highest BCUT2D eigenvalue weighted by Gasteiger charge is 2.33. The van der Waals surface area contributed by atoms with Crippen LogP contribution in [0.15, 0.2) is 48.5 Å². The van der Waals surface area contributed by atoms with Crippen LogP contribution in [0.3, 0.4) is 0 Å². The molecule has 1 aliphatic heterocycles. The number of nitrogens with one attached hydrogen (secondary N) is 1. The van der Waals surface area contributed by atoms with Gasteiger partial charge in [0.1, 0.15) is 11.6 Å². The first-order chi connectivity index (χ1) is 14.1. The molecule has 0 unspecified atom stereocenters. The van der Waals surface area contributed by atoms with Crippen LogP contribution >= 0.6 is 11.3 Å². The fourth-order valence-electron chi connectivity index (χ4n) is 3.90. The molecule has 4 aromatic rings. The number of amides is 1. The molecule has 0 aliphatic carbocycles. The molecule has 0 spiro atoms. The Morgan fingerprint density at radius 1 is 1.24 bits per heavy atom. The van der Waals surface area contributed by atoms with E-state index in [9.17, 15) is 4.79 Å². The van der Waals surface area contributed by atoms with E-state index >= 15 is 0 Å². The van der Waals surface area contributed by atoms with Gasteiger partial charge in [-0.1, -0.05) is 41.7 Å². The topological polar surface area (TPSA) is 69.0 Å². The molecule has 0 saturated heterocycles. The molecule has 1 amide bonds. The summed E-state index contributed by atoms with van der Waals surface area (Å²) < 4.78 is 8.39. The van der Waals surface area contributed by atoms with E-state index in [2.05, 4.69) is 17.4 Å². The Kier molecular flexibility index (Phi) is 4.32. The second-order valence-corrected chi connectivity index (χ2v) is 8.04. The molecule has 0 saturated carbocycles. The molecule has 3 heterocycles. The number of benzene rings is 2. The number of nitrogens with zero attached hydrogens (tertiary/aromatic N) is 3. The Bertz CT molecular complexity index is 1210. The maximum absolute atomic E-state index is 12.5. The molecular weight excluding hydrogens is 384 g/mol. The third-order valence-corrected chi connectivity index (χ3v) is 6.14. The monoisotopic (exact) mass is 404 g/mol. The summed E-state index contributed by atoms with van der Waals surface area (Å²) in [6.07, 6.45) is 0.418. The van der Waals surface area contributed by atoms with Crippen LogP contribution in [0.2, 0.25) is 0 Å². The van der Waals surface area contributed by atoms with Crippen LogP contribution in [0.25, 0.3) is 15.3 Å². The second-order valence-electron chi connectivity index (χ2n) is 7.03. The number of thiazole rings is 1. The fourth-order valence-corrected chi connectivity index (χ4v) is 4.85. The summed E-state index contributed by atoms with van der Waals surface area (Å²) in [5.74, 6) is 1.53. The van der Waals surface area contributed by atoms with Crippen molar-refractivity contribution in [3.8, 4) is 10.9 Å². The number of aryl methyl sites for hydroxylation is 1.